The minimum Gasteiger partial charge on any atom is -0.337 e. The van der Waals surface area contributed by atoms with Crippen LogP contribution < -0.4 is 4.57 Å². The molecule has 0 aliphatic carbocycles. The third-order valence-electron chi connectivity index (χ3n) is 2.74. The van der Waals surface area contributed by atoms with E-state index in [4.69, 9.17) is 0 Å². The van der Waals surface area contributed by atoms with Crippen molar-refractivity contribution in [2.45, 2.75) is 52.7 Å². The van der Waals surface area contributed by atoms with Crippen LogP contribution in [0.15, 0.2) is 24.5 Å². The largest absolute Gasteiger partial charge is 0.337 e. The number of pyridine rings is 1. The summed E-state index contributed by atoms with van der Waals surface area (Å²) in [7, 11) is 0. The van der Waals surface area contributed by atoms with Gasteiger partial charge in [0.25, 0.3) is 6.23 Å². The fourth-order valence-electron chi connectivity index (χ4n) is 1.68. The van der Waals surface area contributed by atoms with Crippen LogP contribution >= 0.6 is 0 Å². The van der Waals surface area contributed by atoms with E-state index in [-0.39, 0.29) is 5.41 Å². The fraction of sp³-hybridized carbons (Fsp3) is 0.643. The van der Waals surface area contributed by atoms with Gasteiger partial charge in [-0.3, -0.25) is 0 Å². The second-order valence-electron chi connectivity index (χ2n) is 5.89. The second-order valence-corrected chi connectivity index (χ2v) is 5.89. The van der Waals surface area contributed by atoms with Crippen LogP contribution in [-0.4, -0.2) is 5.11 Å². The number of hydrogen-bond acceptors (Lipinski definition) is 1. The van der Waals surface area contributed by atoms with Gasteiger partial charge in [0.15, 0.2) is 12.4 Å². The van der Waals surface area contributed by atoms with Crippen molar-refractivity contribution in [3.05, 3.63) is 30.1 Å². The van der Waals surface area contributed by atoms with Crippen molar-refractivity contribution in [2.75, 3.05) is 0 Å². The van der Waals surface area contributed by atoms with Crippen molar-refractivity contribution in [1.82, 2.24) is 0 Å². The van der Waals surface area contributed by atoms with Gasteiger partial charge >= 0.3 is 0 Å². The molecule has 0 aliphatic rings. The highest BCUT2D eigenvalue weighted by Gasteiger charge is 2.19. The lowest BCUT2D eigenvalue weighted by molar-refractivity contribution is -0.761. The van der Waals surface area contributed by atoms with Crippen molar-refractivity contribution in [1.29, 1.82) is 0 Å². The molecule has 1 atom stereocenters. The summed E-state index contributed by atoms with van der Waals surface area (Å²) in [6, 6.07) is 4.17. The molecule has 1 rings (SSSR count). The van der Waals surface area contributed by atoms with E-state index < -0.39 is 6.23 Å². The summed E-state index contributed by atoms with van der Waals surface area (Å²) in [5, 5.41) is 9.95. The minimum atomic E-state index is -0.408. The molecule has 90 valence electrons. The molecule has 0 aliphatic heterocycles. The summed E-state index contributed by atoms with van der Waals surface area (Å²) in [5.41, 5.74) is 1.46. The molecule has 0 saturated carbocycles. The zero-order chi connectivity index (χ0) is 12.3. The summed E-state index contributed by atoms with van der Waals surface area (Å²) in [6.07, 6.45) is 4.31. The van der Waals surface area contributed by atoms with Gasteiger partial charge < -0.3 is 5.11 Å². The molecular formula is C14H24NO+. The van der Waals surface area contributed by atoms with Gasteiger partial charge in [-0.2, -0.15) is 4.57 Å². The molecule has 1 heterocycles. The Kier molecular flexibility index (Phi) is 4.09. The average Bonchev–Trinajstić information content (AvgIpc) is 2.15. The van der Waals surface area contributed by atoms with E-state index in [2.05, 4.69) is 46.8 Å². The number of rotatable bonds is 3. The highest BCUT2D eigenvalue weighted by Crippen LogP contribution is 2.20. The van der Waals surface area contributed by atoms with Crippen LogP contribution in [-0.2, 0) is 5.41 Å². The maximum absolute atomic E-state index is 9.95. The predicted octanol–water partition coefficient (Wildman–Crippen LogP) is 2.81. The van der Waals surface area contributed by atoms with Crippen molar-refractivity contribution in [3.8, 4) is 0 Å². The molecule has 0 unspecified atom stereocenters. The lowest BCUT2D eigenvalue weighted by Gasteiger charge is -2.18. The van der Waals surface area contributed by atoms with E-state index in [0.717, 1.165) is 6.42 Å². The molecule has 16 heavy (non-hydrogen) atoms. The number of aliphatic hydroxyl groups is 1. The first-order valence-corrected chi connectivity index (χ1v) is 6.00. The number of aromatic nitrogens is 1. The molecule has 0 radical (unpaired) electrons. The van der Waals surface area contributed by atoms with Crippen LogP contribution in [0.3, 0.4) is 0 Å². The van der Waals surface area contributed by atoms with E-state index in [1.807, 2.05) is 17.0 Å². The molecule has 1 aromatic rings. The molecule has 1 aromatic heterocycles. The Bertz CT molecular complexity index is 322. The number of hydrogen-bond donors (Lipinski definition) is 1. The summed E-state index contributed by atoms with van der Waals surface area (Å²) < 4.78 is 1.87. The van der Waals surface area contributed by atoms with Crippen molar-refractivity contribution in [2.24, 2.45) is 5.92 Å². The Morgan fingerprint density at radius 2 is 1.69 bits per heavy atom. The Morgan fingerprint density at radius 3 is 2.06 bits per heavy atom. The zero-order valence-electron chi connectivity index (χ0n) is 11.1. The Hall–Kier alpha value is -0.890. The van der Waals surface area contributed by atoms with Crippen LogP contribution in [0.25, 0.3) is 0 Å². The summed E-state index contributed by atoms with van der Waals surface area (Å²) in [6.45, 7) is 10.8. The lowest BCUT2D eigenvalue weighted by atomic mass is 9.88. The number of aliphatic hydroxyl groups excluding tert-OH is 1. The SMILES string of the molecule is CC(C)C[C@@H](O)[n+]1ccc(C(C)(C)C)cc1. The first kappa shape index (κ1) is 13.2. The highest BCUT2D eigenvalue weighted by atomic mass is 16.3. The molecular weight excluding hydrogens is 198 g/mol. The standard InChI is InChI=1S/C14H24NO/c1-11(2)10-13(16)15-8-6-12(7-9-15)14(3,4)5/h6-9,11,13,16H,10H2,1-5H3/q+1/t13-/m1/s1. The molecule has 2 heteroatoms. The van der Waals surface area contributed by atoms with Gasteiger partial charge in [0, 0.05) is 18.6 Å². The van der Waals surface area contributed by atoms with Crippen LogP contribution in [0.1, 0.15) is 52.8 Å². The maximum atomic E-state index is 9.95. The Balaban J connectivity index is 2.79. The fourth-order valence-corrected chi connectivity index (χ4v) is 1.68. The molecule has 0 saturated heterocycles. The van der Waals surface area contributed by atoms with Gasteiger partial charge in [-0.1, -0.05) is 34.6 Å². The molecule has 0 bridgehead atoms. The van der Waals surface area contributed by atoms with Crippen molar-refractivity contribution < 1.29 is 9.67 Å². The van der Waals surface area contributed by atoms with E-state index >= 15 is 0 Å². The lowest BCUT2D eigenvalue weighted by Crippen LogP contribution is -2.39. The molecule has 0 aromatic carbocycles. The summed E-state index contributed by atoms with van der Waals surface area (Å²) >= 11 is 0. The van der Waals surface area contributed by atoms with Crippen molar-refractivity contribution in [3.63, 3.8) is 0 Å². The molecule has 1 N–H and O–H groups in total. The molecule has 0 fully saturated rings. The smallest absolute Gasteiger partial charge is 0.260 e. The van der Waals surface area contributed by atoms with E-state index in [9.17, 15) is 5.11 Å². The zero-order valence-corrected chi connectivity index (χ0v) is 11.1. The van der Waals surface area contributed by atoms with Crippen molar-refractivity contribution >= 4 is 0 Å². The topological polar surface area (TPSA) is 24.1 Å². The van der Waals surface area contributed by atoms with E-state index in [1.54, 1.807) is 0 Å². The van der Waals surface area contributed by atoms with Gasteiger partial charge in [0.05, 0.1) is 0 Å². The van der Waals surface area contributed by atoms with Crippen LogP contribution in [0.4, 0.5) is 0 Å². The van der Waals surface area contributed by atoms with Crippen LogP contribution in [0.2, 0.25) is 0 Å². The second kappa shape index (κ2) is 4.96. The number of nitrogens with zero attached hydrogens (tertiary/aromatic N) is 1. The normalized spacial score (nSPS) is 14.2. The molecule has 0 spiro atoms. The minimum absolute atomic E-state index is 0.169. The maximum Gasteiger partial charge on any atom is 0.260 e. The summed E-state index contributed by atoms with van der Waals surface area (Å²) in [4.78, 5) is 0. The predicted molar refractivity (Wildman–Crippen MR) is 66.0 cm³/mol. The van der Waals surface area contributed by atoms with E-state index in [0.29, 0.717) is 5.92 Å². The monoisotopic (exact) mass is 222 g/mol. The van der Waals surface area contributed by atoms with Gasteiger partial charge in [-0.05, 0) is 16.9 Å². The average molecular weight is 222 g/mol. The van der Waals surface area contributed by atoms with Crippen LogP contribution in [0, 0.1) is 5.92 Å². The van der Waals surface area contributed by atoms with Gasteiger partial charge in [0.2, 0.25) is 0 Å². The Labute approximate surface area is 98.9 Å². The molecule has 2 nitrogen and oxygen atoms in total. The molecule has 0 amide bonds. The third-order valence-corrected chi connectivity index (χ3v) is 2.74. The van der Waals surface area contributed by atoms with Crippen LogP contribution in [0.5, 0.6) is 0 Å². The third kappa shape index (κ3) is 3.60. The Morgan fingerprint density at radius 1 is 1.19 bits per heavy atom. The quantitative estimate of drug-likeness (QED) is 0.781. The van der Waals surface area contributed by atoms with Gasteiger partial charge in [0.1, 0.15) is 0 Å². The first-order chi connectivity index (χ1) is 7.30. The highest BCUT2D eigenvalue weighted by molar-refractivity contribution is 5.17. The van der Waals surface area contributed by atoms with E-state index in [1.165, 1.54) is 5.56 Å². The summed E-state index contributed by atoms with van der Waals surface area (Å²) in [5.74, 6) is 0.504. The first-order valence-electron chi connectivity index (χ1n) is 6.00. The van der Waals surface area contributed by atoms with Gasteiger partial charge in [-0.25, -0.2) is 0 Å². The van der Waals surface area contributed by atoms with Gasteiger partial charge in [-0.15, -0.1) is 0 Å².